The van der Waals surface area contributed by atoms with Crippen LogP contribution in [0.25, 0.3) is 0 Å². The molecule has 1 aliphatic heterocycles. The largest absolute Gasteiger partial charge is 0.496 e. The maximum atomic E-state index is 13.0. The predicted octanol–water partition coefficient (Wildman–Crippen LogP) is 3.76. The van der Waals surface area contributed by atoms with Crippen LogP contribution in [0.1, 0.15) is 41.6 Å². The highest BCUT2D eigenvalue weighted by Gasteiger charge is 2.27. The van der Waals surface area contributed by atoms with Gasteiger partial charge in [-0.1, -0.05) is 25.0 Å². The van der Waals surface area contributed by atoms with Crippen molar-refractivity contribution in [3.8, 4) is 5.75 Å². The van der Waals surface area contributed by atoms with Crippen molar-refractivity contribution in [2.75, 3.05) is 20.2 Å². The monoisotopic (exact) mass is 421 g/mol. The fourth-order valence-corrected chi connectivity index (χ4v) is 4.79. The summed E-state index contributed by atoms with van der Waals surface area (Å²) in [5.74, 6) is -0.865. The van der Waals surface area contributed by atoms with Gasteiger partial charge in [0.05, 0.1) is 12.0 Å². The molecule has 1 heterocycles. The molecule has 1 saturated heterocycles. The highest BCUT2D eigenvalue weighted by Crippen LogP contribution is 2.27. The van der Waals surface area contributed by atoms with E-state index in [1.807, 2.05) is 0 Å². The lowest BCUT2D eigenvalue weighted by Gasteiger charge is -2.20. The fraction of sp³-hybridized carbons (Fsp3) is 0.381. The molecule has 0 N–H and O–H groups in total. The van der Waals surface area contributed by atoms with Gasteiger partial charge in [0.2, 0.25) is 10.0 Å². The molecule has 156 valence electrons. The van der Waals surface area contributed by atoms with Gasteiger partial charge in [0.25, 0.3) is 0 Å². The number of sulfonamides is 1. The maximum absolute atomic E-state index is 13.0. The van der Waals surface area contributed by atoms with Crippen molar-refractivity contribution in [1.29, 1.82) is 0 Å². The Kier molecular flexibility index (Phi) is 6.87. The number of hydrogen-bond acceptors (Lipinski definition) is 5. The molecule has 0 unspecified atom stereocenters. The smallest absolute Gasteiger partial charge is 0.342 e. The molecule has 0 bridgehead atoms. The normalized spacial score (nSPS) is 15.5. The minimum atomic E-state index is -3.71. The lowest BCUT2D eigenvalue weighted by atomic mass is 10.2. The van der Waals surface area contributed by atoms with Gasteiger partial charge in [0, 0.05) is 13.1 Å². The third-order valence-corrected chi connectivity index (χ3v) is 6.77. The second kappa shape index (κ2) is 9.37. The summed E-state index contributed by atoms with van der Waals surface area (Å²) in [6, 6.07) is 9.78. The Bertz CT molecular complexity index is 952. The number of carbonyl (C=O) groups is 1. The second-order valence-electron chi connectivity index (χ2n) is 6.88. The van der Waals surface area contributed by atoms with Crippen LogP contribution < -0.4 is 4.74 Å². The molecule has 1 fully saturated rings. The highest BCUT2D eigenvalue weighted by molar-refractivity contribution is 7.89. The van der Waals surface area contributed by atoms with E-state index in [9.17, 15) is 17.6 Å². The van der Waals surface area contributed by atoms with Crippen LogP contribution in [0.2, 0.25) is 0 Å². The Morgan fingerprint density at radius 2 is 1.69 bits per heavy atom. The van der Waals surface area contributed by atoms with Gasteiger partial charge in [-0.05, 0) is 48.7 Å². The zero-order chi connectivity index (χ0) is 20.9. The zero-order valence-electron chi connectivity index (χ0n) is 16.3. The van der Waals surface area contributed by atoms with Gasteiger partial charge in [0.1, 0.15) is 23.7 Å². The molecular formula is C21H24FNO5S. The Labute approximate surface area is 170 Å². The maximum Gasteiger partial charge on any atom is 0.342 e. The van der Waals surface area contributed by atoms with Crippen LogP contribution in [0.3, 0.4) is 0 Å². The molecule has 0 radical (unpaired) electrons. The van der Waals surface area contributed by atoms with E-state index >= 15 is 0 Å². The standard InChI is InChI=1S/C21H24FNO5S/c1-27-20-11-10-18(29(25,26)23-12-4-2-3-5-13-23)14-19(20)21(24)28-15-16-6-8-17(22)9-7-16/h6-11,14H,2-5,12-13,15H2,1H3. The SMILES string of the molecule is COc1ccc(S(=O)(=O)N2CCCCCC2)cc1C(=O)OCc1ccc(F)cc1. The molecule has 2 aromatic carbocycles. The van der Waals surface area contributed by atoms with E-state index < -0.39 is 16.0 Å². The third kappa shape index (κ3) is 5.13. The van der Waals surface area contributed by atoms with Crippen LogP contribution in [0.15, 0.2) is 47.4 Å². The number of carbonyl (C=O) groups excluding carboxylic acids is 1. The van der Waals surface area contributed by atoms with Gasteiger partial charge in [-0.15, -0.1) is 0 Å². The molecule has 1 aliphatic rings. The highest BCUT2D eigenvalue weighted by atomic mass is 32.2. The van der Waals surface area contributed by atoms with Crippen LogP contribution >= 0.6 is 0 Å². The van der Waals surface area contributed by atoms with Crippen molar-refractivity contribution in [3.63, 3.8) is 0 Å². The van der Waals surface area contributed by atoms with E-state index in [1.54, 1.807) is 0 Å². The topological polar surface area (TPSA) is 72.9 Å². The summed E-state index contributed by atoms with van der Waals surface area (Å²) in [6.07, 6.45) is 3.66. The first-order valence-corrected chi connectivity index (χ1v) is 11.0. The Morgan fingerprint density at radius 1 is 1.03 bits per heavy atom. The molecule has 2 aromatic rings. The summed E-state index contributed by atoms with van der Waals surface area (Å²) in [5.41, 5.74) is 0.651. The summed E-state index contributed by atoms with van der Waals surface area (Å²) < 4.78 is 51.0. The summed E-state index contributed by atoms with van der Waals surface area (Å²) in [6.45, 7) is 0.878. The van der Waals surface area contributed by atoms with Crippen molar-refractivity contribution in [2.24, 2.45) is 0 Å². The first-order chi connectivity index (χ1) is 13.9. The van der Waals surface area contributed by atoms with Gasteiger partial charge in [-0.2, -0.15) is 4.31 Å². The van der Waals surface area contributed by atoms with E-state index in [2.05, 4.69) is 0 Å². The van der Waals surface area contributed by atoms with Crippen molar-refractivity contribution in [3.05, 3.63) is 59.4 Å². The lowest BCUT2D eigenvalue weighted by molar-refractivity contribution is 0.0468. The van der Waals surface area contributed by atoms with Gasteiger partial charge >= 0.3 is 5.97 Å². The van der Waals surface area contributed by atoms with E-state index in [-0.39, 0.29) is 28.6 Å². The Balaban J connectivity index is 1.82. The van der Waals surface area contributed by atoms with Gasteiger partial charge in [0.15, 0.2) is 0 Å². The van der Waals surface area contributed by atoms with Crippen molar-refractivity contribution in [2.45, 2.75) is 37.2 Å². The second-order valence-corrected chi connectivity index (χ2v) is 8.82. The average molecular weight is 421 g/mol. The predicted molar refractivity (Wildman–Crippen MR) is 106 cm³/mol. The number of halogens is 1. The average Bonchev–Trinajstić information content (AvgIpc) is 3.03. The number of hydrogen-bond donors (Lipinski definition) is 0. The number of esters is 1. The van der Waals surface area contributed by atoms with Crippen molar-refractivity contribution < 1.29 is 27.1 Å². The van der Waals surface area contributed by atoms with Crippen LogP contribution in [-0.2, 0) is 21.4 Å². The summed E-state index contributed by atoms with van der Waals surface area (Å²) in [4.78, 5) is 12.6. The van der Waals surface area contributed by atoms with E-state index in [0.29, 0.717) is 18.7 Å². The first-order valence-electron chi connectivity index (χ1n) is 9.51. The first kappa shape index (κ1) is 21.3. The van der Waals surface area contributed by atoms with Crippen molar-refractivity contribution in [1.82, 2.24) is 4.31 Å². The number of benzene rings is 2. The molecule has 8 heteroatoms. The lowest BCUT2D eigenvalue weighted by Crippen LogP contribution is -2.32. The molecule has 0 atom stereocenters. The molecule has 0 aromatic heterocycles. The molecular weight excluding hydrogens is 397 g/mol. The number of rotatable bonds is 6. The number of ether oxygens (including phenoxy) is 2. The van der Waals surface area contributed by atoms with Gasteiger partial charge < -0.3 is 9.47 Å². The third-order valence-electron chi connectivity index (χ3n) is 4.88. The van der Waals surface area contributed by atoms with Gasteiger partial charge in [-0.3, -0.25) is 0 Å². The molecule has 29 heavy (non-hydrogen) atoms. The molecule has 3 rings (SSSR count). The van der Waals surface area contributed by atoms with Crippen molar-refractivity contribution >= 4 is 16.0 Å². The molecule has 0 aliphatic carbocycles. The van der Waals surface area contributed by atoms with Crippen LogP contribution in [-0.4, -0.2) is 38.9 Å². The molecule has 0 spiro atoms. The minimum Gasteiger partial charge on any atom is -0.496 e. The summed E-state index contributed by atoms with van der Waals surface area (Å²) in [5, 5.41) is 0. The molecule has 6 nitrogen and oxygen atoms in total. The van der Waals surface area contributed by atoms with E-state index in [4.69, 9.17) is 9.47 Å². The van der Waals surface area contributed by atoms with Crippen LogP contribution in [0, 0.1) is 5.82 Å². The number of nitrogens with zero attached hydrogens (tertiary/aromatic N) is 1. The summed E-state index contributed by atoms with van der Waals surface area (Å²) in [7, 11) is -2.31. The quantitative estimate of drug-likeness (QED) is 0.664. The van der Waals surface area contributed by atoms with E-state index in [1.165, 1.54) is 53.9 Å². The van der Waals surface area contributed by atoms with E-state index in [0.717, 1.165) is 25.7 Å². The van der Waals surface area contributed by atoms with Crippen LogP contribution in [0.5, 0.6) is 5.75 Å². The zero-order valence-corrected chi connectivity index (χ0v) is 17.1. The number of methoxy groups -OCH3 is 1. The Morgan fingerprint density at radius 3 is 2.31 bits per heavy atom. The van der Waals surface area contributed by atoms with Gasteiger partial charge in [-0.25, -0.2) is 17.6 Å². The molecule has 0 saturated carbocycles. The molecule has 0 amide bonds. The minimum absolute atomic E-state index is 0.0329. The fourth-order valence-electron chi connectivity index (χ4n) is 3.25. The Hall–Kier alpha value is -2.45. The summed E-state index contributed by atoms with van der Waals surface area (Å²) >= 11 is 0. The van der Waals surface area contributed by atoms with Crippen LogP contribution in [0.4, 0.5) is 4.39 Å².